The molecule has 0 aliphatic heterocycles. The van der Waals surface area contributed by atoms with Crippen LogP contribution >= 0.6 is 35.8 Å². The Hall–Kier alpha value is -0.894. The Morgan fingerprint density at radius 2 is 2.00 bits per heavy atom. The van der Waals surface area contributed by atoms with Gasteiger partial charge in [-0.25, -0.2) is 0 Å². The number of thiol groups is 1. The van der Waals surface area contributed by atoms with Gasteiger partial charge in [0.25, 0.3) is 5.69 Å². The number of hydrogen-bond acceptors (Lipinski definition) is 6. The van der Waals surface area contributed by atoms with E-state index in [9.17, 15) is 14.9 Å². The van der Waals surface area contributed by atoms with Crippen molar-refractivity contribution < 1.29 is 9.72 Å². The molecule has 0 aliphatic rings. The molecule has 134 valence electrons. The molecule has 0 spiro atoms. The molecular weight excluding hydrogens is 436 g/mol. The van der Waals surface area contributed by atoms with Gasteiger partial charge >= 0.3 is 51.4 Å². The predicted octanol–water partition coefficient (Wildman–Crippen LogP) is 4.12. The van der Waals surface area contributed by atoms with Gasteiger partial charge in [0, 0.05) is 23.6 Å². The monoisotopic (exact) mass is 447 g/mol. The first-order chi connectivity index (χ1) is 12.3. The van der Waals surface area contributed by atoms with Crippen molar-refractivity contribution in [2.24, 2.45) is 0 Å². The molecule has 0 aliphatic carbocycles. The fraction of sp³-hybridized carbons (Fsp3) is 0.0588. The summed E-state index contributed by atoms with van der Waals surface area (Å²) >= 11 is 16.2. The Bertz CT molecular complexity index is 961. The Morgan fingerprint density at radius 1 is 1.30 bits per heavy atom. The first-order valence-electron chi connectivity index (χ1n) is 7.13. The van der Waals surface area contributed by atoms with Crippen molar-refractivity contribution in [3.05, 3.63) is 78.8 Å². The normalized spacial score (nSPS) is 10.5. The van der Waals surface area contributed by atoms with Crippen LogP contribution in [-0.4, -0.2) is 62.1 Å². The maximum atomic E-state index is 12.2. The third kappa shape index (κ3) is 6.89. The van der Waals surface area contributed by atoms with Gasteiger partial charge in [0.15, 0.2) is 5.78 Å². The predicted molar refractivity (Wildman–Crippen MR) is 111 cm³/mol. The van der Waals surface area contributed by atoms with Crippen LogP contribution in [0.15, 0.2) is 47.5 Å². The van der Waals surface area contributed by atoms with Crippen molar-refractivity contribution in [1.82, 2.24) is 0 Å². The summed E-state index contributed by atoms with van der Waals surface area (Å²) in [6.45, 7) is 0. The number of allylic oxidation sites excluding steroid dienone is 1. The van der Waals surface area contributed by atoms with Crippen LogP contribution in [-0.2, 0) is 11.2 Å². The van der Waals surface area contributed by atoms with Crippen molar-refractivity contribution in [1.29, 1.82) is 5.26 Å². The molecule has 0 atom stereocenters. The van der Waals surface area contributed by atoms with Gasteiger partial charge < -0.3 is 5.32 Å². The van der Waals surface area contributed by atoms with E-state index in [2.05, 4.69) is 17.9 Å². The quantitative estimate of drug-likeness (QED) is 0.228. The summed E-state index contributed by atoms with van der Waals surface area (Å²) in [6, 6.07) is 10.8. The molecule has 2 aromatic carbocycles. The van der Waals surface area contributed by atoms with Crippen molar-refractivity contribution >= 4 is 104 Å². The van der Waals surface area contributed by atoms with Crippen LogP contribution in [0.4, 0.5) is 11.4 Å². The molecule has 0 saturated carbocycles. The summed E-state index contributed by atoms with van der Waals surface area (Å²) in [5.74, 6) is -0.330. The second-order valence-electron chi connectivity index (χ2n) is 5.11. The number of carbonyl (C=O) groups is 1. The summed E-state index contributed by atoms with van der Waals surface area (Å²) in [6.07, 6.45) is 1.17. The number of nitrogens with zero attached hydrogens (tertiary/aromatic N) is 2. The minimum absolute atomic E-state index is 0. The topological polar surface area (TPSA) is 96.0 Å². The maximum absolute atomic E-state index is 12.2. The first-order valence-corrected chi connectivity index (χ1v) is 8.34. The number of nitro benzene ring substituents is 1. The van der Waals surface area contributed by atoms with Crippen LogP contribution in [0.2, 0.25) is 10.0 Å². The number of carbonyl (C=O) groups excluding carboxylic acids is 1. The second-order valence-corrected chi connectivity index (χ2v) is 6.40. The number of benzene rings is 2. The summed E-state index contributed by atoms with van der Waals surface area (Å²) in [5.41, 5.74) is 0.755. The number of halogens is 2. The number of nitrogens with one attached hydrogen (secondary N) is 1. The fourth-order valence-electron chi connectivity index (χ4n) is 2.10. The third-order valence-corrected chi connectivity index (χ3v) is 4.19. The zero-order valence-corrected chi connectivity index (χ0v) is 15.5. The van der Waals surface area contributed by atoms with Crippen LogP contribution in [0.5, 0.6) is 0 Å². The molecule has 0 saturated heterocycles. The number of nitriles is 1. The van der Waals surface area contributed by atoms with Gasteiger partial charge in [-0.15, -0.1) is 12.6 Å². The van der Waals surface area contributed by atoms with Crippen molar-refractivity contribution in [2.45, 2.75) is 6.42 Å². The summed E-state index contributed by atoms with van der Waals surface area (Å²) < 4.78 is 0. The molecule has 0 radical (unpaired) electrons. The van der Waals surface area contributed by atoms with E-state index in [-0.39, 0.29) is 85.0 Å². The zero-order chi connectivity index (χ0) is 19.3. The molecular formula is C17H12Cl2KN3O3S. The molecule has 2 rings (SSSR count). The second kappa shape index (κ2) is 11.2. The van der Waals surface area contributed by atoms with Crippen LogP contribution in [0.3, 0.4) is 0 Å². The molecule has 27 heavy (non-hydrogen) atoms. The van der Waals surface area contributed by atoms with Crippen LogP contribution in [0.25, 0.3) is 0 Å². The standard InChI is InChI=1S/C17H11Cl2N3O3S.K.H/c18-13-2-1-3-15(22(24)25)17(13)21-16(26)8-12(23)7-11-5-4-10(9-20)6-14(11)19;;/h1-6,8,21,26H,7H2;;. The summed E-state index contributed by atoms with van der Waals surface area (Å²) in [4.78, 5) is 22.6. The number of ketones is 1. The molecule has 10 heteroatoms. The van der Waals surface area contributed by atoms with Gasteiger partial charge in [-0.3, -0.25) is 14.9 Å². The van der Waals surface area contributed by atoms with Crippen molar-refractivity contribution in [2.75, 3.05) is 5.32 Å². The van der Waals surface area contributed by atoms with E-state index in [1.54, 1.807) is 12.1 Å². The Balaban J connectivity index is 0.00000364. The van der Waals surface area contributed by atoms with Crippen molar-refractivity contribution in [3.8, 4) is 6.07 Å². The van der Waals surface area contributed by atoms with Gasteiger partial charge in [-0.05, 0) is 23.8 Å². The number of rotatable bonds is 6. The molecule has 0 fully saturated rings. The number of anilines is 1. The van der Waals surface area contributed by atoms with Gasteiger partial charge in [0.05, 0.1) is 26.6 Å². The molecule has 0 unspecified atom stereocenters. The average molecular weight is 448 g/mol. The molecule has 0 bridgehead atoms. The van der Waals surface area contributed by atoms with E-state index in [0.29, 0.717) is 16.1 Å². The van der Waals surface area contributed by atoms with Crippen LogP contribution < -0.4 is 5.32 Å². The number of nitro groups is 1. The first kappa shape index (κ1) is 24.1. The average Bonchev–Trinajstić information content (AvgIpc) is 2.58. The van der Waals surface area contributed by atoms with E-state index in [1.165, 1.54) is 30.3 Å². The van der Waals surface area contributed by atoms with Gasteiger partial charge in [0.2, 0.25) is 0 Å². The number of para-hydroxylation sites is 1. The molecule has 1 N–H and O–H groups in total. The third-order valence-electron chi connectivity index (χ3n) is 3.29. The van der Waals surface area contributed by atoms with Crippen LogP contribution in [0.1, 0.15) is 11.1 Å². The molecule has 0 heterocycles. The van der Waals surface area contributed by atoms with Crippen LogP contribution in [0, 0.1) is 21.4 Å². The Labute approximate surface area is 213 Å². The van der Waals surface area contributed by atoms with E-state index in [1.807, 2.05) is 6.07 Å². The van der Waals surface area contributed by atoms with E-state index >= 15 is 0 Å². The summed E-state index contributed by atoms with van der Waals surface area (Å²) in [5, 5.41) is 23.1. The summed E-state index contributed by atoms with van der Waals surface area (Å²) in [7, 11) is 0. The van der Waals surface area contributed by atoms with E-state index in [4.69, 9.17) is 28.5 Å². The van der Waals surface area contributed by atoms with E-state index < -0.39 is 4.92 Å². The van der Waals surface area contributed by atoms with Gasteiger partial charge in [-0.1, -0.05) is 35.3 Å². The molecule has 0 amide bonds. The fourth-order valence-corrected chi connectivity index (χ4v) is 2.82. The Kier molecular flexibility index (Phi) is 10.0. The molecule has 6 nitrogen and oxygen atoms in total. The minimum atomic E-state index is -0.590. The SMILES string of the molecule is N#Cc1ccc(CC(=O)C=C(S)Nc2c(Cl)cccc2[N+](=O)[O-])c(Cl)c1.[KH]. The van der Waals surface area contributed by atoms with E-state index in [0.717, 1.165) is 0 Å². The number of hydrogen-bond donors (Lipinski definition) is 2. The van der Waals surface area contributed by atoms with Gasteiger partial charge in [0.1, 0.15) is 5.69 Å². The zero-order valence-electron chi connectivity index (χ0n) is 13.1. The molecule has 2 aromatic rings. The Morgan fingerprint density at radius 3 is 2.59 bits per heavy atom. The van der Waals surface area contributed by atoms with Crippen molar-refractivity contribution in [3.63, 3.8) is 0 Å². The van der Waals surface area contributed by atoms with Gasteiger partial charge in [-0.2, -0.15) is 5.26 Å². The molecule has 0 aromatic heterocycles.